The minimum atomic E-state index is 0.417. The van der Waals surface area contributed by atoms with Crippen molar-refractivity contribution in [3.63, 3.8) is 0 Å². The van der Waals surface area contributed by atoms with E-state index in [4.69, 9.17) is 10.5 Å². The molecule has 0 aliphatic heterocycles. The molecule has 96 valence electrons. The average Bonchev–Trinajstić information content (AvgIpc) is 2.82. The summed E-state index contributed by atoms with van der Waals surface area (Å²) in [5.74, 6) is 0.877. The van der Waals surface area contributed by atoms with E-state index < -0.39 is 0 Å². The van der Waals surface area contributed by atoms with Crippen LogP contribution in [0.25, 0.3) is 0 Å². The summed E-state index contributed by atoms with van der Waals surface area (Å²) in [6.45, 7) is 3.86. The Morgan fingerprint density at radius 1 is 1.28 bits per heavy atom. The van der Waals surface area contributed by atoms with E-state index in [1.165, 1.54) is 0 Å². The van der Waals surface area contributed by atoms with Crippen LogP contribution in [0.3, 0.4) is 0 Å². The van der Waals surface area contributed by atoms with Crippen LogP contribution in [0, 0.1) is 0 Å². The number of rotatable bonds is 6. The van der Waals surface area contributed by atoms with E-state index in [1.54, 1.807) is 0 Å². The maximum Gasteiger partial charge on any atom is 0.119 e. The molecule has 18 heavy (non-hydrogen) atoms. The van der Waals surface area contributed by atoms with Crippen LogP contribution in [-0.4, -0.2) is 21.6 Å². The Balaban J connectivity index is 1.95. The van der Waals surface area contributed by atoms with Gasteiger partial charge in [0.15, 0.2) is 0 Å². The molecule has 2 N–H and O–H groups in total. The number of aryl methyl sites for hydroxylation is 1. The Kier molecular flexibility index (Phi) is 4.30. The fourth-order valence-corrected chi connectivity index (χ4v) is 1.84. The maximum absolute atomic E-state index is 5.67. The Labute approximate surface area is 107 Å². The molecule has 0 atom stereocenters. The first-order valence-electron chi connectivity index (χ1n) is 6.14. The molecule has 0 radical (unpaired) electrons. The van der Waals surface area contributed by atoms with Crippen molar-refractivity contribution in [1.29, 1.82) is 0 Å². The van der Waals surface area contributed by atoms with E-state index in [0.717, 1.165) is 30.1 Å². The van der Waals surface area contributed by atoms with Gasteiger partial charge in [-0.15, -0.1) is 5.10 Å². The Morgan fingerprint density at radius 3 is 2.72 bits per heavy atom. The first-order valence-corrected chi connectivity index (χ1v) is 6.14. The number of ether oxygens (including phenoxy) is 1. The lowest BCUT2D eigenvalue weighted by Crippen LogP contribution is -2.11. The van der Waals surface area contributed by atoms with Gasteiger partial charge in [0.05, 0.1) is 18.0 Å². The van der Waals surface area contributed by atoms with Gasteiger partial charge in [-0.25, -0.2) is 4.68 Å². The topological polar surface area (TPSA) is 66.0 Å². The highest BCUT2D eigenvalue weighted by atomic mass is 16.5. The number of nitrogens with zero attached hydrogens (tertiary/aromatic N) is 3. The predicted octanol–water partition coefficient (Wildman–Crippen LogP) is 1.38. The largest absolute Gasteiger partial charge is 0.493 e. The van der Waals surface area contributed by atoms with E-state index in [2.05, 4.69) is 10.3 Å². The van der Waals surface area contributed by atoms with Gasteiger partial charge in [0, 0.05) is 19.5 Å². The predicted molar refractivity (Wildman–Crippen MR) is 69.2 cm³/mol. The molecular weight excluding hydrogens is 228 g/mol. The number of benzene rings is 1. The molecule has 5 heteroatoms. The van der Waals surface area contributed by atoms with Crippen molar-refractivity contribution in [2.45, 2.75) is 26.4 Å². The Bertz CT molecular complexity index is 459. The van der Waals surface area contributed by atoms with Gasteiger partial charge in [-0.2, -0.15) is 0 Å². The minimum Gasteiger partial charge on any atom is -0.493 e. The van der Waals surface area contributed by atoms with Gasteiger partial charge in [-0.1, -0.05) is 23.4 Å². The summed E-state index contributed by atoms with van der Waals surface area (Å²) in [6, 6.07) is 9.77. The summed E-state index contributed by atoms with van der Waals surface area (Å²) in [6.07, 6.45) is 0.766. The van der Waals surface area contributed by atoms with Crippen molar-refractivity contribution in [2.75, 3.05) is 6.61 Å². The van der Waals surface area contributed by atoms with Crippen LogP contribution in [0.1, 0.15) is 18.3 Å². The number of nitrogens with two attached hydrogens (primary N) is 1. The molecule has 2 rings (SSSR count). The third-order valence-corrected chi connectivity index (χ3v) is 2.76. The second kappa shape index (κ2) is 6.16. The molecule has 1 heterocycles. The van der Waals surface area contributed by atoms with Gasteiger partial charge in [0.2, 0.25) is 0 Å². The molecule has 0 aliphatic carbocycles. The number of para-hydroxylation sites is 1. The highest BCUT2D eigenvalue weighted by Gasteiger charge is 2.10. The minimum absolute atomic E-state index is 0.417. The standard InChI is InChI=1S/C13H18N4O/c1-2-17-13(12(10-14)15-16-17)8-9-18-11-6-4-3-5-7-11/h3-7H,2,8-10,14H2,1H3. The summed E-state index contributed by atoms with van der Waals surface area (Å²) in [4.78, 5) is 0. The maximum atomic E-state index is 5.67. The van der Waals surface area contributed by atoms with Crippen LogP contribution in [-0.2, 0) is 19.5 Å². The van der Waals surface area contributed by atoms with E-state index in [1.807, 2.05) is 41.9 Å². The van der Waals surface area contributed by atoms with E-state index in [-0.39, 0.29) is 0 Å². The zero-order chi connectivity index (χ0) is 12.8. The summed E-state index contributed by atoms with van der Waals surface area (Å²) in [5.41, 5.74) is 7.57. The molecule has 2 aromatic rings. The Hall–Kier alpha value is -1.88. The highest BCUT2D eigenvalue weighted by molar-refractivity contribution is 5.21. The summed E-state index contributed by atoms with van der Waals surface area (Å²) in [5, 5.41) is 8.13. The zero-order valence-electron chi connectivity index (χ0n) is 10.5. The summed E-state index contributed by atoms with van der Waals surface area (Å²) < 4.78 is 7.54. The molecular formula is C13H18N4O. The first kappa shape index (κ1) is 12.6. The van der Waals surface area contributed by atoms with Crippen molar-refractivity contribution < 1.29 is 4.74 Å². The third kappa shape index (κ3) is 2.87. The average molecular weight is 246 g/mol. The van der Waals surface area contributed by atoms with Crippen molar-refractivity contribution >= 4 is 0 Å². The number of hydrogen-bond donors (Lipinski definition) is 1. The van der Waals surface area contributed by atoms with Crippen LogP contribution in [0.4, 0.5) is 0 Å². The van der Waals surface area contributed by atoms with Gasteiger partial charge >= 0.3 is 0 Å². The van der Waals surface area contributed by atoms with Gasteiger partial charge in [0.1, 0.15) is 5.75 Å². The lowest BCUT2D eigenvalue weighted by atomic mass is 10.2. The van der Waals surface area contributed by atoms with Gasteiger partial charge in [-0.3, -0.25) is 0 Å². The second-order valence-electron chi connectivity index (χ2n) is 3.91. The second-order valence-corrected chi connectivity index (χ2v) is 3.91. The van der Waals surface area contributed by atoms with Crippen LogP contribution >= 0.6 is 0 Å². The quantitative estimate of drug-likeness (QED) is 0.836. The number of aromatic nitrogens is 3. The number of hydrogen-bond acceptors (Lipinski definition) is 4. The fourth-order valence-electron chi connectivity index (χ4n) is 1.84. The lowest BCUT2D eigenvalue weighted by molar-refractivity contribution is 0.317. The highest BCUT2D eigenvalue weighted by Crippen LogP contribution is 2.10. The molecule has 0 spiro atoms. The molecule has 1 aromatic carbocycles. The Morgan fingerprint density at radius 2 is 2.06 bits per heavy atom. The van der Waals surface area contributed by atoms with Crippen LogP contribution < -0.4 is 10.5 Å². The molecule has 1 aromatic heterocycles. The lowest BCUT2D eigenvalue weighted by Gasteiger charge is -2.07. The zero-order valence-corrected chi connectivity index (χ0v) is 10.5. The fraction of sp³-hybridized carbons (Fsp3) is 0.385. The third-order valence-electron chi connectivity index (χ3n) is 2.76. The first-order chi connectivity index (χ1) is 8.85. The SMILES string of the molecule is CCn1nnc(CN)c1CCOc1ccccc1. The molecule has 0 unspecified atom stereocenters. The van der Waals surface area contributed by atoms with E-state index in [9.17, 15) is 0 Å². The van der Waals surface area contributed by atoms with E-state index in [0.29, 0.717) is 13.2 Å². The van der Waals surface area contributed by atoms with Crippen LogP contribution in [0.2, 0.25) is 0 Å². The molecule has 0 amide bonds. The molecule has 0 saturated carbocycles. The van der Waals surface area contributed by atoms with Crippen molar-refractivity contribution in [1.82, 2.24) is 15.0 Å². The molecule has 0 saturated heterocycles. The molecule has 5 nitrogen and oxygen atoms in total. The monoisotopic (exact) mass is 246 g/mol. The van der Waals surface area contributed by atoms with Crippen LogP contribution in [0.5, 0.6) is 5.75 Å². The summed E-state index contributed by atoms with van der Waals surface area (Å²) in [7, 11) is 0. The van der Waals surface area contributed by atoms with E-state index >= 15 is 0 Å². The van der Waals surface area contributed by atoms with Crippen molar-refractivity contribution in [2.24, 2.45) is 5.73 Å². The summed E-state index contributed by atoms with van der Waals surface area (Å²) >= 11 is 0. The van der Waals surface area contributed by atoms with Crippen molar-refractivity contribution in [3.8, 4) is 5.75 Å². The molecule has 0 fully saturated rings. The van der Waals surface area contributed by atoms with Crippen LogP contribution in [0.15, 0.2) is 30.3 Å². The van der Waals surface area contributed by atoms with Gasteiger partial charge in [-0.05, 0) is 19.1 Å². The molecule has 0 bridgehead atoms. The van der Waals surface area contributed by atoms with Crippen molar-refractivity contribution in [3.05, 3.63) is 41.7 Å². The smallest absolute Gasteiger partial charge is 0.119 e. The van der Waals surface area contributed by atoms with Gasteiger partial charge in [0.25, 0.3) is 0 Å². The molecule has 0 aliphatic rings. The van der Waals surface area contributed by atoms with Gasteiger partial charge < -0.3 is 10.5 Å². The normalized spacial score (nSPS) is 10.6.